The number of nitrogen functional groups attached to an aromatic ring is 1. The van der Waals surface area contributed by atoms with E-state index in [1.807, 2.05) is 6.92 Å². The average Bonchev–Trinajstić information content (AvgIpc) is 2.89. The molecule has 1 heterocycles. The summed E-state index contributed by atoms with van der Waals surface area (Å²) < 4.78 is 28.2. The van der Waals surface area contributed by atoms with E-state index >= 15 is 0 Å². The molecule has 1 aromatic heterocycles. The second-order valence-corrected chi connectivity index (χ2v) is 5.62. The van der Waals surface area contributed by atoms with Gasteiger partial charge in [-0.3, -0.25) is 0 Å². The molecule has 0 fully saturated rings. The molecule has 2 aromatic rings. The van der Waals surface area contributed by atoms with E-state index in [9.17, 15) is 8.78 Å². The maximum atomic E-state index is 13.4. The molecule has 0 radical (unpaired) electrons. The summed E-state index contributed by atoms with van der Waals surface area (Å²) in [6.07, 6.45) is 1.91. The Bertz CT molecular complexity index is 624. The summed E-state index contributed by atoms with van der Waals surface area (Å²) in [5, 5.41) is 11.5. The zero-order valence-corrected chi connectivity index (χ0v) is 12.3. The number of anilines is 1. The molecule has 1 aromatic carbocycles. The van der Waals surface area contributed by atoms with Gasteiger partial charge in [0.25, 0.3) is 0 Å². The van der Waals surface area contributed by atoms with E-state index in [1.54, 1.807) is 4.68 Å². The van der Waals surface area contributed by atoms with Gasteiger partial charge in [0.15, 0.2) is 17.5 Å². The predicted molar refractivity (Wildman–Crippen MR) is 76.4 cm³/mol. The topological polar surface area (TPSA) is 69.6 Å². The van der Waals surface area contributed by atoms with Gasteiger partial charge in [-0.1, -0.05) is 13.8 Å². The lowest BCUT2D eigenvalue weighted by Crippen LogP contribution is -2.11. The van der Waals surface area contributed by atoms with Crippen LogP contribution in [0.3, 0.4) is 0 Å². The fraction of sp³-hybridized carbons (Fsp3) is 0.500. The smallest absolute Gasteiger partial charge is 0.184 e. The van der Waals surface area contributed by atoms with E-state index in [1.165, 1.54) is 0 Å². The van der Waals surface area contributed by atoms with Crippen LogP contribution in [-0.4, -0.2) is 20.2 Å². The number of hydrogen-bond donors (Lipinski definition) is 1. The van der Waals surface area contributed by atoms with E-state index < -0.39 is 11.6 Å². The van der Waals surface area contributed by atoms with Gasteiger partial charge in [0.05, 0.1) is 6.04 Å². The molecule has 0 spiro atoms. The molecular weight excluding hydrogens is 276 g/mol. The molecule has 0 saturated heterocycles. The van der Waals surface area contributed by atoms with Gasteiger partial charge in [-0.2, -0.15) is 0 Å². The zero-order valence-electron chi connectivity index (χ0n) is 12.3. The Morgan fingerprint density at radius 2 is 1.81 bits per heavy atom. The van der Waals surface area contributed by atoms with Crippen molar-refractivity contribution in [2.75, 3.05) is 5.73 Å². The minimum absolute atomic E-state index is 0.0462. The average molecular weight is 295 g/mol. The Hall–Kier alpha value is -2.05. The van der Waals surface area contributed by atoms with Crippen LogP contribution in [0.15, 0.2) is 12.1 Å². The number of rotatable bonds is 5. The van der Waals surface area contributed by atoms with Crippen molar-refractivity contribution in [3.63, 3.8) is 0 Å². The second kappa shape index (κ2) is 6.15. The van der Waals surface area contributed by atoms with Crippen LogP contribution < -0.4 is 5.73 Å². The molecule has 21 heavy (non-hydrogen) atoms. The molecule has 1 unspecified atom stereocenters. The van der Waals surface area contributed by atoms with Crippen molar-refractivity contribution in [2.45, 2.75) is 39.7 Å². The number of nitrogens with zero attached hydrogens (tertiary/aromatic N) is 4. The third-order valence-electron chi connectivity index (χ3n) is 3.41. The number of benzene rings is 1. The highest BCUT2D eigenvalue weighted by molar-refractivity contribution is 5.71. The zero-order chi connectivity index (χ0) is 15.6. The highest BCUT2D eigenvalue weighted by Gasteiger charge is 2.19. The number of tetrazole rings is 1. The summed E-state index contributed by atoms with van der Waals surface area (Å²) in [6.45, 7) is 6.26. The molecule has 5 nitrogen and oxygen atoms in total. The Kier molecular flexibility index (Phi) is 4.50. The van der Waals surface area contributed by atoms with Crippen molar-refractivity contribution < 1.29 is 8.78 Å². The molecule has 1 atom stereocenters. The van der Waals surface area contributed by atoms with Crippen LogP contribution in [0.1, 0.15) is 39.7 Å². The minimum Gasteiger partial charge on any atom is -0.398 e. The van der Waals surface area contributed by atoms with Crippen molar-refractivity contribution in [3.05, 3.63) is 23.8 Å². The maximum absolute atomic E-state index is 13.4. The van der Waals surface area contributed by atoms with Gasteiger partial charge >= 0.3 is 0 Å². The second-order valence-electron chi connectivity index (χ2n) is 5.62. The van der Waals surface area contributed by atoms with Gasteiger partial charge in [-0.05, 0) is 42.2 Å². The Morgan fingerprint density at radius 3 is 2.48 bits per heavy atom. The normalized spacial score (nSPS) is 12.9. The number of halogens is 2. The standard InChI is InChI=1S/C14H19F2N5/c1-8(2)4-5-9(3)21-14(18-19-20-21)10-6-11(15)12(16)7-13(10)17/h6-9H,4-5,17H2,1-3H3. The molecule has 0 amide bonds. The molecule has 0 aliphatic rings. The van der Waals surface area contributed by atoms with Crippen molar-refractivity contribution in [1.29, 1.82) is 0 Å². The lowest BCUT2D eigenvalue weighted by atomic mass is 10.0. The van der Waals surface area contributed by atoms with Crippen molar-refractivity contribution in [3.8, 4) is 11.4 Å². The number of nitrogens with two attached hydrogens (primary N) is 1. The molecule has 2 rings (SSSR count). The summed E-state index contributed by atoms with van der Waals surface area (Å²) in [5.41, 5.74) is 6.17. The number of aromatic nitrogens is 4. The summed E-state index contributed by atoms with van der Waals surface area (Å²) >= 11 is 0. The first kappa shape index (κ1) is 15.3. The molecule has 7 heteroatoms. The van der Waals surface area contributed by atoms with Crippen molar-refractivity contribution in [2.24, 2.45) is 5.92 Å². The van der Waals surface area contributed by atoms with Gasteiger partial charge in [-0.15, -0.1) is 5.10 Å². The van der Waals surface area contributed by atoms with Crippen LogP contribution >= 0.6 is 0 Å². The fourth-order valence-corrected chi connectivity index (χ4v) is 2.12. The van der Waals surface area contributed by atoms with E-state index in [0.717, 1.165) is 25.0 Å². The molecular formula is C14H19F2N5. The largest absolute Gasteiger partial charge is 0.398 e. The van der Waals surface area contributed by atoms with Crippen LogP contribution in [0, 0.1) is 17.6 Å². The van der Waals surface area contributed by atoms with Crippen LogP contribution in [0.4, 0.5) is 14.5 Å². The Balaban J connectivity index is 2.34. The molecule has 0 bridgehead atoms. The van der Waals surface area contributed by atoms with E-state index in [0.29, 0.717) is 17.3 Å². The van der Waals surface area contributed by atoms with Crippen LogP contribution in [0.5, 0.6) is 0 Å². The molecule has 0 aliphatic carbocycles. The van der Waals surface area contributed by atoms with E-state index in [2.05, 4.69) is 29.4 Å². The first-order valence-corrected chi connectivity index (χ1v) is 6.93. The molecule has 0 saturated carbocycles. The molecule has 2 N–H and O–H groups in total. The highest BCUT2D eigenvalue weighted by atomic mass is 19.2. The monoisotopic (exact) mass is 295 g/mol. The summed E-state index contributed by atoms with van der Waals surface area (Å²) in [5.74, 6) is -1.03. The van der Waals surface area contributed by atoms with E-state index in [-0.39, 0.29) is 11.7 Å². The third-order valence-corrected chi connectivity index (χ3v) is 3.41. The highest BCUT2D eigenvalue weighted by Crippen LogP contribution is 2.28. The fourth-order valence-electron chi connectivity index (χ4n) is 2.12. The maximum Gasteiger partial charge on any atom is 0.184 e. The van der Waals surface area contributed by atoms with Crippen molar-refractivity contribution in [1.82, 2.24) is 20.2 Å². The Labute approximate surface area is 122 Å². The van der Waals surface area contributed by atoms with Crippen LogP contribution in [0.25, 0.3) is 11.4 Å². The first-order valence-electron chi connectivity index (χ1n) is 6.93. The summed E-state index contributed by atoms with van der Waals surface area (Å²) in [4.78, 5) is 0. The van der Waals surface area contributed by atoms with Crippen molar-refractivity contribution >= 4 is 5.69 Å². The Morgan fingerprint density at radius 1 is 1.14 bits per heavy atom. The van der Waals surface area contributed by atoms with Gasteiger partial charge in [0, 0.05) is 17.3 Å². The van der Waals surface area contributed by atoms with Gasteiger partial charge in [0.1, 0.15) is 0 Å². The summed E-state index contributed by atoms with van der Waals surface area (Å²) in [6, 6.07) is 2.02. The summed E-state index contributed by atoms with van der Waals surface area (Å²) in [7, 11) is 0. The van der Waals surface area contributed by atoms with Gasteiger partial charge < -0.3 is 5.73 Å². The SMILES string of the molecule is CC(C)CCC(C)n1nnnc1-c1cc(F)c(F)cc1N. The quantitative estimate of drug-likeness (QED) is 0.860. The minimum atomic E-state index is -0.983. The molecule has 0 aliphatic heterocycles. The van der Waals surface area contributed by atoms with Crippen LogP contribution in [-0.2, 0) is 0 Å². The third kappa shape index (κ3) is 3.34. The van der Waals surface area contributed by atoms with Crippen LogP contribution in [0.2, 0.25) is 0 Å². The first-order chi connectivity index (χ1) is 9.90. The van der Waals surface area contributed by atoms with Gasteiger partial charge in [0.2, 0.25) is 0 Å². The van der Waals surface area contributed by atoms with Gasteiger partial charge in [-0.25, -0.2) is 13.5 Å². The predicted octanol–water partition coefficient (Wildman–Crippen LogP) is 3.20. The lowest BCUT2D eigenvalue weighted by molar-refractivity contribution is 0.406. The molecule has 114 valence electrons. The lowest BCUT2D eigenvalue weighted by Gasteiger charge is -2.15. The van der Waals surface area contributed by atoms with E-state index in [4.69, 9.17) is 5.73 Å². The number of hydrogen-bond acceptors (Lipinski definition) is 4.